The predicted octanol–water partition coefficient (Wildman–Crippen LogP) is 2.98. The molecule has 0 saturated heterocycles. The summed E-state index contributed by atoms with van der Waals surface area (Å²) in [6, 6.07) is 11.1. The van der Waals surface area contributed by atoms with Crippen molar-refractivity contribution in [3.63, 3.8) is 0 Å². The monoisotopic (exact) mass is 333 g/mol. The van der Waals surface area contributed by atoms with Gasteiger partial charge in [-0.15, -0.1) is 0 Å². The van der Waals surface area contributed by atoms with Crippen molar-refractivity contribution in [1.29, 1.82) is 0 Å². The van der Waals surface area contributed by atoms with E-state index in [9.17, 15) is 12.8 Å². The van der Waals surface area contributed by atoms with Gasteiger partial charge in [0.1, 0.15) is 5.82 Å². The van der Waals surface area contributed by atoms with E-state index in [-0.39, 0.29) is 4.90 Å². The highest BCUT2D eigenvalue weighted by molar-refractivity contribution is 7.92. The lowest BCUT2D eigenvalue weighted by Gasteiger charge is -2.08. The molecule has 118 valence electrons. The van der Waals surface area contributed by atoms with Crippen molar-refractivity contribution in [2.75, 3.05) is 4.72 Å². The quantitative estimate of drug-likeness (QED) is 0.793. The molecule has 0 atom stereocenters. The Morgan fingerprint density at radius 1 is 1.13 bits per heavy atom. The molecular weight excluding hydrogens is 321 g/mol. The first-order valence-electron chi connectivity index (χ1n) is 6.63. The third-order valence-corrected chi connectivity index (χ3v) is 4.41. The summed E-state index contributed by atoms with van der Waals surface area (Å²) in [4.78, 5) is 4.06. The van der Waals surface area contributed by atoms with E-state index in [2.05, 4.69) is 14.9 Å². The second-order valence-corrected chi connectivity index (χ2v) is 6.47. The van der Waals surface area contributed by atoms with Crippen LogP contribution in [0.15, 0.2) is 57.9 Å². The summed E-state index contributed by atoms with van der Waals surface area (Å²) in [7, 11) is -3.81. The van der Waals surface area contributed by atoms with Crippen LogP contribution in [0.1, 0.15) is 5.82 Å². The first kappa shape index (κ1) is 15.2. The van der Waals surface area contributed by atoms with E-state index < -0.39 is 15.8 Å². The summed E-state index contributed by atoms with van der Waals surface area (Å²) in [6.45, 7) is 1.69. The van der Waals surface area contributed by atoms with E-state index in [1.165, 1.54) is 12.1 Å². The van der Waals surface area contributed by atoms with Gasteiger partial charge < -0.3 is 4.52 Å². The molecule has 0 aliphatic carbocycles. The fourth-order valence-corrected chi connectivity index (χ4v) is 3.01. The largest absolute Gasteiger partial charge is 0.334 e. The van der Waals surface area contributed by atoms with Crippen molar-refractivity contribution in [2.24, 2.45) is 0 Å². The Bertz CT molecular complexity index is 937. The molecule has 1 aromatic heterocycles. The van der Waals surface area contributed by atoms with Crippen molar-refractivity contribution < 1.29 is 17.3 Å². The van der Waals surface area contributed by atoms with Gasteiger partial charge >= 0.3 is 0 Å². The Morgan fingerprint density at radius 3 is 2.52 bits per heavy atom. The first-order valence-corrected chi connectivity index (χ1v) is 8.11. The second-order valence-electron chi connectivity index (χ2n) is 4.79. The van der Waals surface area contributed by atoms with Crippen LogP contribution in [0.3, 0.4) is 0 Å². The highest BCUT2D eigenvalue weighted by atomic mass is 32.2. The summed E-state index contributed by atoms with van der Waals surface area (Å²) >= 11 is 0. The van der Waals surface area contributed by atoms with E-state index in [0.29, 0.717) is 23.0 Å². The van der Waals surface area contributed by atoms with Crippen LogP contribution in [0.4, 0.5) is 10.1 Å². The zero-order chi connectivity index (χ0) is 16.4. The van der Waals surface area contributed by atoms with Crippen LogP contribution in [0.25, 0.3) is 11.5 Å². The summed E-state index contributed by atoms with van der Waals surface area (Å²) < 4.78 is 44.9. The molecule has 0 spiro atoms. The molecule has 0 amide bonds. The molecule has 1 N–H and O–H groups in total. The van der Waals surface area contributed by atoms with Crippen LogP contribution in [0.2, 0.25) is 0 Å². The van der Waals surface area contributed by atoms with Gasteiger partial charge in [0, 0.05) is 11.3 Å². The number of anilines is 1. The normalized spacial score (nSPS) is 11.4. The number of halogens is 1. The van der Waals surface area contributed by atoms with Crippen LogP contribution < -0.4 is 4.72 Å². The van der Waals surface area contributed by atoms with Crippen LogP contribution >= 0.6 is 0 Å². The van der Waals surface area contributed by atoms with Crippen molar-refractivity contribution in [3.05, 3.63) is 60.2 Å². The van der Waals surface area contributed by atoms with Crippen LogP contribution in [0, 0.1) is 12.7 Å². The van der Waals surface area contributed by atoms with Gasteiger partial charge in [0.2, 0.25) is 0 Å². The number of hydrogen-bond donors (Lipinski definition) is 1. The minimum Gasteiger partial charge on any atom is -0.334 e. The summed E-state index contributed by atoms with van der Waals surface area (Å²) in [5.41, 5.74) is 0.924. The third kappa shape index (κ3) is 3.37. The van der Waals surface area contributed by atoms with E-state index in [1.54, 1.807) is 31.2 Å². The molecule has 2 aromatic carbocycles. The van der Waals surface area contributed by atoms with E-state index in [0.717, 1.165) is 12.1 Å². The minimum absolute atomic E-state index is 0.0297. The highest BCUT2D eigenvalue weighted by Gasteiger charge is 2.15. The molecule has 3 aromatic rings. The van der Waals surface area contributed by atoms with Gasteiger partial charge in [-0.2, -0.15) is 4.98 Å². The lowest BCUT2D eigenvalue weighted by atomic mass is 10.2. The first-order chi connectivity index (χ1) is 10.9. The smallest absolute Gasteiger partial charge is 0.261 e. The number of nitrogens with zero attached hydrogens (tertiary/aromatic N) is 2. The maximum Gasteiger partial charge on any atom is 0.261 e. The van der Waals surface area contributed by atoms with E-state index >= 15 is 0 Å². The van der Waals surface area contributed by atoms with Crippen molar-refractivity contribution in [3.8, 4) is 11.5 Å². The van der Waals surface area contributed by atoms with E-state index in [1.807, 2.05) is 0 Å². The zero-order valence-corrected chi connectivity index (χ0v) is 12.8. The van der Waals surface area contributed by atoms with Gasteiger partial charge in [-0.05, 0) is 49.4 Å². The Kier molecular flexibility index (Phi) is 3.83. The van der Waals surface area contributed by atoms with E-state index in [4.69, 9.17) is 4.52 Å². The number of aryl methyl sites for hydroxylation is 1. The highest BCUT2D eigenvalue weighted by Crippen LogP contribution is 2.23. The predicted molar refractivity (Wildman–Crippen MR) is 81.7 cm³/mol. The average molecular weight is 333 g/mol. The standard InChI is InChI=1S/C15H12FN3O3S/c1-10-17-15(22-18-10)11-3-2-4-13(9-11)19-23(20,21)14-7-5-12(16)6-8-14/h2-9,19H,1H3. The number of aromatic nitrogens is 2. The number of benzene rings is 2. The lowest BCUT2D eigenvalue weighted by Crippen LogP contribution is -2.12. The summed E-state index contributed by atoms with van der Waals surface area (Å²) in [6.07, 6.45) is 0. The van der Waals surface area contributed by atoms with Gasteiger partial charge in [-0.25, -0.2) is 12.8 Å². The molecule has 1 heterocycles. The number of sulfonamides is 1. The SMILES string of the molecule is Cc1noc(-c2cccc(NS(=O)(=O)c3ccc(F)cc3)c2)n1. The van der Waals surface area contributed by atoms with Crippen molar-refractivity contribution in [1.82, 2.24) is 10.1 Å². The molecule has 0 bridgehead atoms. The molecule has 23 heavy (non-hydrogen) atoms. The topological polar surface area (TPSA) is 85.1 Å². The number of rotatable bonds is 4. The Balaban J connectivity index is 1.89. The Morgan fingerprint density at radius 2 is 1.87 bits per heavy atom. The maximum atomic E-state index is 12.9. The fraction of sp³-hybridized carbons (Fsp3) is 0.0667. The van der Waals surface area contributed by atoms with Gasteiger partial charge in [-0.1, -0.05) is 11.2 Å². The summed E-state index contributed by atoms with van der Waals surface area (Å²) in [5, 5.41) is 3.69. The Labute approximate surface area is 132 Å². The molecule has 0 saturated carbocycles. The fourth-order valence-electron chi connectivity index (χ4n) is 1.96. The number of hydrogen-bond acceptors (Lipinski definition) is 5. The molecule has 0 aliphatic rings. The minimum atomic E-state index is -3.81. The molecule has 0 radical (unpaired) electrons. The molecule has 0 unspecified atom stereocenters. The van der Waals surface area contributed by atoms with Gasteiger partial charge in [0.05, 0.1) is 4.90 Å². The van der Waals surface area contributed by atoms with Crippen LogP contribution in [-0.2, 0) is 10.0 Å². The number of nitrogens with one attached hydrogen (secondary N) is 1. The maximum absolute atomic E-state index is 12.9. The van der Waals surface area contributed by atoms with Crippen molar-refractivity contribution in [2.45, 2.75) is 11.8 Å². The van der Waals surface area contributed by atoms with Crippen molar-refractivity contribution >= 4 is 15.7 Å². The van der Waals surface area contributed by atoms with Crippen LogP contribution in [-0.4, -0.2) is 18.6 Å². The third-order valence-electron chi connectivity index (χ3n) is 3.01. The molecule has 3 rings (SSSR count). The molecule has 6 nitrogen and oxygen atoms in total. The Hall–Kier alpha value is -2.74. The summed E-state index contributed by atoms with van der Waals surface area (Å²) in [5.74, 6) is 0.278. The van der Waals surface area contributed by atoms with Crippen LogP contribution in [0.5, 0.6) is 0 Å². The average Bonchev–Trinajstić information content (AvgIpc) is 2.94. The molecule has 8 heteroatoms. The second kappa shape index (κ2) is 5.81. The van der Waals surface area contributed by atoms with Gasteiger partial charge in [-0.3, -0.25) is 4.72 Å². The molecule has 0 fully saturated rings. The lowest BCUT2D eigenvalue weighted by molar-refractivity contribution is 0.425. The van der Waals surface area contributed by atoms with Gasteiger partial charge in [0.15, 0.2) is 5.82 Å². The molecule has 0 aliphatic heterocycles. The molecular formula is C15H12FN3O3S. The van der Waals surface area contributed by atoms with Gasteiger partial charge in [0.25, 0.3) is 15.9 Å². The zero-order valence-electron chi connectivity index (χ0n) is 12.0.